The number of para-hydroxylation sites is 1. The molecule has 0 aliphatic carbocycles. The standard InChI is InChI=1S/C13H16O/c1-10(2)13(3)9-8-11-6-4-5-7-12(11)14-13/h4-10H,1-3H3. The van der Waals surface area contributed by atoms with Gasteiger partial charge in [-0.15, -0.1) is 0 Å². The van der Waals surface area contributed by atoms with Crippen LogP contribution in [-0.4, -0.2) is 5.60 Å². The maximum atomic E-state index is 5.99. The second kappa shape index (κ2) is 3.16. The molecule has 2 rings (SSSR count). The number of ether oxygens (including phenoxy) is 1. The van der Waals surface area contributed by atoms with Crippen molar-refractivity contribution in [1.29, 1.82) is 0 Å². The van der Waals surface area contributed by atoms with Gasteiger partial charge in [0.15, 0.2) is 0 Å². The highest BCUT2D eigenvalue weighted by molar-refractivity contribution is 5.60. The van der Waals surface area contributed by atoms with Gasteiger partial charge in [-0.3, -0.25) is 0 Å². The van der Waals surface area contributed by atoms with Crippen molar-refractivity contribution in [3.63, 3.8) is 0 Å². The van der Waals surface area contributed by atoms with Gasteiger partial charge in [-0.1, -0.05) is 38.1 Å². The summed E-state index contributed by atoms with van der Waals surface area (Å²) in [7, 11) is 0. The summed E-state index contributed by atoms with van der Waals surface area (Å²) in [6, 6.07) is 8.15. The fraction of sp³-hybridized carbons (Fsp3) is 0.385. The van der Waals surface area contributed by atoms with E-state index in [9.17, 15) is 0 Å². The number of fused-ring (bicyclic) bond motifs is 1. The fourth-order valence-electron chi connectivity index (χ4n) is 1.55. The second-order valence-corrected chi connectivity index (χ2v) is 4.31. The van der Waals surface area contributed by atoms with Gasteiger partial charge in [-0.25, -0.2) is 0 Å². The highest BCUT2D eigenvalue weighted by Crippen LogP contribution is 2.34. The lowest BCUT2D eigenvalue weighted by Crippen LogP contribution is -2.37. The normalized spacial score (nSPS) is 24.6. The summed E-state index contributed by atoms with van der Waals surface area (Å²) >= 11 is 0. The van der Waals surface area contributed by atoms with E-state index in [0.29, 0.717) is 5.92 Å². The van der Waals surface area contributed by atoms with E-state index < -0.39 is 0 Å². The molecule has 1 nitrogen and oxygen atoms in total. The van der Waals surface area contributed by atoms with Crippen molar-refractivity contribution in [3.8, 4) is 5.75 Å². The summed E-state index contributed by atoms with van der Waals surface area (Å²) < 4.78 is 5.99. The third kappa shape index (κ3) is 1.43. The minimum Gasteiger partial charge on any atom is -0.483 e. The van der Waals surface area contributed by atoms with Crippen LogP contribution >= 0.6 is 0 Å². The minimum atomic E-state index is -0.158. The first-order valence-corrected chi connectivity index (χ1v) is 5.09. The molecule has 1 aliphatic heterocycles. The lowest BCUT2D eigenvalue weighted by molar-refractivity contribution is 0.0875. The summed E-state index contributed by atoms with van der Waals surface area (Å²) in [6.45, 7) is 6.49. The largest absolute Gasteiger partial charge is 0.483 e. The summed E-state index contributed by atoms with van der Waals surface area (Å²) in [5, 5.41) is 0. The van der Waals surface area contributed by atoms with Crippen LogP contribution in [0.4, 0.5) is 0 Å². The molecule has 0 amide bonds. The highest BCUT2D eigenvalue weighted by Gasteiger charge is 2.30. The van der Waals surface area contributed by atoms with Gasteiger partial charge in [-0.2, -0.15) is 0 Å². The van der Waals surface area contributed by atoms with Crippen LogP contribution < -0.4 is 4.74 Å². The molecule has 0 spiro atoms. The van der Waals surface area contributed by atoms with Gasteiger partial charge in [0.1, 0.15) is 11.4 Å². The third-order valence-corrected chi connectivity index (χ3v) is 2.99. The van der Waals surface area contributed by atoms with Crippen LogP contribution in [0.25, 0.3) is 6.08 Å². The predicted molar refractivity (Wildman–Crippen MR) is 59.3 cm³/mol. The van der Waals surface area contributed by atoms with E-state index in [1.807, 2.05) is 18.2 Å². The molecule has 0 radical (unpaired) electrons. The van der Waals surface area contributed by atoms with Gasteiger partial charge in [0.05, 0.1) is 0 Å². The Bertz CT molecular complexity index is 365. The molecular formula is C13H16O. The molecular weight excluding hydrogens is 172 g/mol. The topological polar surface area (TPSA) is 9.23 Å². The van der Waals surface area contributed by atoms with Crippen molar-refractivity contribution in [2.75, 3.05) is 0 Å². The summed E-state index contributed by atoms with van der Waals surface area (Å²) in [4.78, 5) is 0. The van der Waals surface area contributed by atoms with Gasteiger partial charge in [-0.05, 0) is 25.0 Å². The maximum absolute atomic E-state index is 5.99. The molecule has 1 heteroatoms. The monoisotopic (exact) mass is 188 g/mol. The van der Waals surface area contributed by atoms with Crippen molar-refractivity contribution >= 4 is 6.08 Å². The minimum absolute atomic E-state index is 0.158. The zero-order valence-electron chi connectivity index (χ0n) is 8.95. The van der Waals surface area contributed by atoms with Crippen molar-refractivity contribution in [1.82, 2.24) is 0 Å². The SMILES string of the molecule is CC(C)C1(C)C=Cc2ccccc2O1. The maximum Gasteiger partial charge on any atom is 0.127 e. The van der Waals surface area contributed by atoms with Crippen LogP contribution in [0, 0.1) is 5.92 Å². The lowest BCUT2D eigenvalue weighted by atomic mass is 9.89. The first-order valence-electron chi connectivity index (χ1n) is 5.09. The highest BCUT2D eigenvalue weighted by atomic mass is 16.5. The number of benzene rings is 1. The number of hydrogen-bond acceptors (Lipinski definition) is 1. The molecule has 0 aromatic heterocycles. The summed E-state index contributed by atoms with van der Waals surface area (Å²) in [5.74, 6) is 1.47. The van der Waals surface area contributed by atoms with E-state index in [1.54, 1.807) is 0 Å². The Morgan fingerprint density at radius 1 is 1.21 bits per heavy atom. The average Bonchev–Trinajstić information content (AvgIpc) is 2.17. The van der Waals surface area contributed by atoms with E-state index in [-0.39, 0.29) is 5.60 Å². The zero-order chi connectivity index (χ0) is 10.2. The summed E-state index contributed by atoms with van der Waals surface area (Å²) in [6.07, 6.45) is 4.30. The van der Waals surface area contributed by atoms with Crippen LogP contribution in [0.15, 0.2) is 30.3 Å². The first-order chi connectivity index (χ1) is 6.62. The van der Waals surface area contributed by atoms with Crippen LogP contribution in [0.5, 0.6) is 5.75 Å². The summed E-state index contributed by atoms with van der Waals surface area (Å²) in [5.41, 5.74) is 1.01. The molecule has 0 saturated heterocycles. The fourth-order valence-corrected chi connectivity index (χ4v) is 1.55. The van der Waals surface area contributed by atoms with Crippen molar-refractivity contribution < 1.29 is 4.74 Å². The van der Waals surface area contributed by atoms with E-state index in [1.165, 1.54) is 5.56 Å². The molecule has 0 N–H and O–H groups in total. The molecule has 0 fully saturated rings. The molecule has 1 unspecified atom stereocenters. The average molecular weight is 188 g/mol. The molecule has 1 aromatic carbocycles. The lowest BCUT2D eigenvalue weighted by Gasteiger charge is -2.34. The molecule has 1 atom stereocenters. The van der Waals surface area contributed by atoms with Gasteiger partial charge in [0.2, 0.25) is 0 Å². The molecule has 14 heavy (non-hydrogen) atoms. The molecule has 0 bridgehead atoms. The van der Waals surface area contributed by atoms with Crippen LogP contribution in [0.1, 0.15) is 26.3 Å². The second-order valence-electron chi connectivity index (χ2n) is 4.31. The van der Waals surface area contributed by atoms with Crippen molar-refractivity contribution in [3.05, 3.63) is 35.9 Å². The molecule has 74 valence electrons. The van der Waals surface area contributed by atoms with Crippen molar-refractivity contribution in [2.45, 2.75) is 26.4 Å². The Balaban J connectivity index is 2.38. The molecule has 1 aliphatic rings. The molecule has 0 saturated carbocycles. The van der Waals surface area contributed by atoms with Crippen LogP contribution in [0.3, 0.4) is 0 Å². The zero-order valence-corrected chi connectivity index (χ0v) is 8.95. The molecule has 1 heterocycles. The smallest absolute Gasteiger partial charge is 0.127 e. The van der Waals surface area contributed by atoms with E-state index in [0.717, 1.165) is 5.75 Å². The van der Waals surface area contributed by atoms with E-state index >= 15 is 0 Å². The predicted octanol–water partition coefficient (Wildman–Crippen LogP) is 3.51. The van der Waals surface area contributed by atoms with Crippen LogP contribution in [-0.2, 0) is 0 Å². The quantitative estimate of drug-likeness (QED) is 0.655. The third-order valence-electron chi connectivity index (χ3n) is 2.99. The Labute approximate surface area is 85.4 Å². The van der Waals surface area contributed by atoms with Gasteiger partial charge in [0.25, 0.3) is 0 Å². The van der Waals surface area contributed by atoms with E-state index in [2.05, 4.69) is 39.0 Å². The van der Waals surface area contributed by atoms with Gasteiger partial charge < -0.3 is 4.74 Å². The number of rotatable bonds is 1. The van der Waals surface area contributed by atoms with Gasteiger partial charge >= 0.3 is 0 Å². The Morgan fingerprint density at radius 2 is 1.93 bits per heavy atom. The Kier molecular flexibility index (Phi) is 2.10. The van der Waals surface area contributed by atoms with Crippen LogP contribution in [0.2, 0.25) is 0 Å². The van der Waals surface area contributed by atoms with Crippen molar-refractivity contribution in [2.24, 2.45) is 5.92 Å². The van der Waals surface area contributed by atoms with Gasteiger partial charge in [0, 0.05) is 5.56 Å². The number of hydrogen-bond donors (Lipinski definition) is 0. The molecule has 1 aromatic rings. The van der Waals surface area contributed by atoms with E-state index in [4.69, 9.17) is 4.74 Å². The first kappa shape index (κ1) is 9.32. The Hall–Kier alpha value is -1.24. The Morgan fingerprint density at radius 3 is 2.64 bits per heavy atom.